The summed E-state index contributed by atoms with van der Waals surface area (Å²) in [5.74, 6) is 0. The zero-order valence-corrected chi connectivity index (χ0v) is 5.66. The van der Waals surface area contributed by atoms with E-state index in [0.29, 0.717) is 0 Å². The van der Waals surface area contributed by atoms with E-state index in [1.165, 1.54) is 0 Å². The molecule has 56 valence electrons. The minimum Gasteiger partial charge on any atom is -0.756 e. The minimum absolute atomic E-state index is 2.85. The molecule has 0 radical (unpaired) electrons. The lowest BCUT2D eigenvalue weighted by atomic mass is 15.7. The second kappa shape index (κ2) is 2.48. The molecule has 1 atom stereocenters. The van der Waals surface area contributed by atoms with Crippen molar-refractivity contribution in [3.8, 4) is 0 Å². The van der Waals surface area contributed by atoms with Gasteiger partial charge in [0.05, 0.1) is 0 Å². The highest BCUT2D eigenvalue weighted by atomic mass is 31.3. The van der Waals surface area contributed by atoms with Crippen molar-refractivity contribution in [1.82, 2.24) is 0 Å². The molecule has 1 unspecified atom stereocenters. The molecule has 0 fully saturated rings. The van der Waals surface area contributed by atoms with Crippen LogP contribution in [0.5, 0.6) is 0 Å². The molecule has 0 aliphatic carbocycles. The first-order chi connectivity index (χ1) is 3.71. The zero-order valence-electron chi connectivity index (χ0n) is 3.87. The summed E-state index contributed by atoms with van der Waals surface area (Å²) in [5, 5.41) is 0. The van der Waals surface area contributed by atoms with Crippen molar-refractivity contribution >= 4 is 15.6 Å². The Balaban J connectivity index is 4.07. The predicted octanol–water partition coefficient (Wildman–Crippen LogP) is -1.44. The average molecular weight is 177 g/mol. The Bertz CT molecular complexity index is 147. The SMILES string of the molecule is O=P([O-])(O)OP(=O)(O)O. The highest BCUT2D eigenvalue weighted by Crippen LogP contribution is 2.51. The molecule has 9 heavy (non-hydrogen) atoms. The monoisotopic (exact) mass is 177 g/mol. The summed E-state index contributed by atoms with van der Waals surface area (Å²) in [7, 11) is -10.4. The maximum atomic E-state index is 9.59. The Morgan fingerprint density at radius 1 is 1.22 bits per heavy atom. The third-order valence-corrected chi connectivity index (χ3v) is 1.89. The fourth-order valence-corrected chi connectivity index (χ4v) is 1.21. The first-order valence-corrected chi connectivity index (χ1v) is 4.54. The molecule has 0 bridgehead atoms. The maximum absolute atomic E-state index is 9.59. The van der Waals surface area contributed by atoms with Gasteiger partial charge in [0, 0.05) is 0 Å². The molecule has 9 heteroatoms. The van der Waals surface area contributed by atoms with Crippen molar-refractivity contribution in [3.05, 3.63) is 0 Å². The van der Waals surface area contributed by atoms with Gasteiger partial charge < -0.3 is 19.6 Å². The molecule has 0 aliphatic rings. The number of hydrogen-bond donors (Lipinski definition) is 3. The average Bonchev–Trinajstić information content (AvgIpc) is 1.14. The van der Waals surface area contributed by atoms with E-state index in [-0.39, 0.29) is 0 Å². The molecule has 7 nitrogen and oxygen atoms in total. The smallest absolute Gasteiger partial charge is 0.476 e. The molecule has 3 N–H and O–H groups in total. The molecule has 0 aliphatic heterocycles. The van der Waals surface area contributed by atoms with E-state index < -0.39 is 15.6 Å². The highest BCUT2D eigenvalue weighted by molar-refractivity contribution is 7.59. The lowest BCUT2D eigenvalue weighted by Crippen LogP contribution is -2.01. The second-order valence-corrected chi connectivity index (χ2v) is 3.61. The van der Waals surface area contributed by atoms with Crippen LogP contribution in [0.4, 0.5) is 0 Å². The summed E-state index contributed by atoms with van der Waals surface area (Å²) in [6.45, 7) is 0. The van der Waals surface area contributed by atoms with Crippen LogP contribution < -0.4 is 4.89 Å². The summed E-state index contributed by atoms with van der Waals surface area (Å²) in [6, 6.07) is 0. The molecular formula is H3O7P2-. The van der Waals surface area contributed by atoms with Crippen LogP contribution in [0.2, 0.25) is 0 Å². The highest BCUT2D eigenvalue weighted by Gasteiger charge is 2.20. The minimum atomic E-state index is -5.30. The fourth-order valence-electron chi connectivity index (χ4n) is 0.134. The van der Waals surface area contributed by atoms with Crippen LogP contribution in [-0.2, 0) is 13.4 Å². The molecule has 0 aromatic heterocycles. The van der Waals surface area contributed by atoms with E-state index in [0.717, 1.165) is 0 Å². The van der Waals surface area contributed by atoms with E-state index in [9.17, 15) is 14.0 Å². The van der Waals surface area contributed by atoms with Crippen molar-refractivity contribution in [2.24, 2.45) is 0 Å². The van der Waals surface area contributed by atoms with Gasteiger partial charge in [0.25, 0.3) is 7.82 Å². The summed E-state index contributed by atoms with van der Waals surface area (Å²) in [5.41, 5.74) is 0. The lowest BCUT2D eigenvalue weighted by Gasteiger charge is -2.14. The summed E-state index contributed by atoms with van der Waals surface area (Å²) in [6.07, 6.45) is 0. The molecule has 0 saturated heterocycles. The van der Waals surface area contributed by atoms with Crippen LogP contribution in [0.1, 0.15) is 0 Å². The van der Waals surface area contributed by atoms with Crippen LogP contribution >= 0.6 is 15.6 Å². The van der Waals surface area contributed by atoms with Gasteiger partial charge in [0.1, 0.15) is 0 Å². The van der Waals surface area contributed by atoms with Gasteiger partial charge in [0.2, 0.25) is 0 Å². The Morgan fingerprint density at radius 3 is 1.56 bits per heavy atom. The quantitative estimate of drug-likeness (QED) is 0.440. The first-order valence-electron chi connectivity index (χ1n) is 1.51. The van der Waals surface area contributed by atoms with Crippen LogP contribution in [0, 0.1) is 0 Å². The van der Waals surface area contributed by atoms with Crippen LogP contribution in [0.15, 0.2) is 0 Å². The largest absolute Gasteiger partial charge is 0.756 e. The van der Waals surface area contributed by atoms with Crippen molar-refractivity contribution < 1.29 is 33.0 Å². The third kappa shape index (κ3) is 8.26. The summed E-state index contributed by atoms with van der Waals surface area (Å²) >= 11 is 0. The van der Waals surface area contributed by atoms with Gasteiger partial charge in [0.15, 0.2) is 0 Å². The van der Waals surface area contributed by atoms with Crippen molar-refractivity contribution in [3.63, 3.8) is 0 Å². The molecule has 0 aromatic rings. The van der Waals surface area contributed by atoms with E-state index >= 15 is 0 Å². The lowest BCUT2D eigenvalue weighted by molar-refractivity contribution is -0.212. The molecule has 0 spiro atoms. The molecule has 0 heterocycles. The number of rotatable bonds is 2. The Labute approximate surface area is 49.8 Å². The van der Waals surface area contributed by atoms with Gasteiger partial charge in [-0.15, -0.1) is 0 Å². The Kier molecular flexibility index (Phi) is 2.55. The second-order valence-electron chi connectivity index (χ2n) is 1.04. The van der Waals surface area contributed by atoms with Crippen molar-refractivity contribution in [2.75, 3.05) is 0 Å². The van der Waals surface area contributed by atoms with E-state index in [1.54, 1.807) is 0 Å². The van der Waals surface area contributed by atoms with Crippen molar-refractivity contribution in [2.45, 2.75) is 0 Å². The number of hydrogen-bond acceptors (Lipinski definition) is 4. The molecular weight excluding hydrogens is 174 g/mol. The van der Waals surface area contributed by atoms with Crippen LogP contribution in [0.25, 0.3) is 0 Å². The van der Waals surface area contributed by atoms with Crippen LogP contribution in [0.3, 0.4) is 0 Å². The first kappa shape index (κ1) is 9.26. The van der Waals surface area contributed by atoms with Gasteiger partial charge in [-0.2, -0.15) is 0 Å². The summed E-state index contributed by atoms with van der Waals surface area (Å²) in [4.78, 5) is 32.6. The topological polar surface area (TPSA) is 127 Å². The molecule has 0 amide bonds. The summed E-state index contributed by atoms with van der Waals surface area (Å²) < 4.78 is 21.9. The normalized spacial score (nSPS) is 19.1. The standard InChI is InChI=1S/H4O7P2/c1-8(2,3)7-9(4,5)6/h(H2,1,2,3)(H2,4,5,6)/p-1. The van der Waals surface area contributed by atoms with Crippen LogP contribution in [-0.4, -0.2) is 14.7 Å². The maximum Gasteiger partial charge on any atom is 0.476 e. The third-order valence-electron chi connectivity index (χ3n) is 0.210. The Morgan fingerprint density at radius 2 is 1.56 bits per heavy atom. The zero-order chi connectivity index (χ0) is 7.71. The molecule has 0 saturated carbocycles. The van der Waals surface area contributed by atoms with Gasteiger partial charge in [-0.05, 0) is 0 Å². The fraction of sp³-hybridized carbons (Fsp3) is 0. The van der Waals surface area contributed by atoms with Crippen molar-refractivity contribution in [1.29, 1.82) is 0 Å². The van der Waals surface area contributed by atoms with Gasteiger partial charge in [-0.3, -0.25) is 4.57 Å². The van der Waals surface area contributed by atoms with E-state index in [1.807, 2.05) is 0 Å². The van der Waals surface area contributed by atoms with E-state index in [2.05, 4.69) is 4.31 Å². The predicted molar refractivity (Wildman–Crippen MR) is 23.0 cm³/mol. The van der Waals surface area contributed by atoms with Gasteiger partial charge in [-0.25, -0.2) is 8.88 Å². The van der Waals surface area contributed by atoms with E-state index in [4.69, 9.17) is 14.7 Å². The molecule has 0 rings (SSSR count). The molecule has 0 aromatic carbocycles. The van der Waals surface area contributed by atoms with Gasteiger partial charge >= 0.3 is 7.82 Å². The number of phosphoric acid groups is 2. The van der Waals surface area contributed by atoms with Gasteiger partial charge in [-0.1, -0.05) is 0 Å². The Hall–Kier alpha value is 0.260.